The number of thiazole rings is 1. The van der Waals surface area contributed by atoms with Crippen LogP contribution in [0, 0.1) is 0 Å². The van der Waals surface area contributed by atoms with Crippen LogP contribution >= 0.6 is 22.7 Å². The van der Waals surface area contributed by atoms with Crippen LogP contribution in [0.1, 0.15) is 16.1 Å². The van der Waals surface area contributed by atoms with Crippen LogP contribution in [0.5, 0.6) is 0 Å². The van der Waals surface area contributed by atoms with Gasteiger partial charge in [-0.25, -0.2) is 9.78 Å². The van der Waals surface area contributed by atoms with Gasteiger partial charge in [0.15, 0.2) is 0 Å². The topological polar surface area (TPSA) is 39.2 Å². The van der Waals surface area contributed by atoms with Crippen molar-refractivity contribution >= 4 is 28.6 Å². The lowest BCUT2D eigenvalue weighted by Gasteiger charge is -2.00. The van der Waals surface area contributed by atoms with Gasteiger partial charge < -0.3 is 4.74 Å². The lowest BCUT2D eigenvalue weighted by Crippen LogP contribution is -2.03. The van der Waals surface area contributed by atoms with Gasteiger partial charge in [0.2, 0.25) is 0 Å². The van der Waals surface area contributed by atoms with Crippen molar-refractivity contribution < 1.29 is 9.53 Å². The first kappa shape index (κ1) is 13.0. The van der Waals surface area contributed by atoms with Crippen LogP contribution in [-0.4, -0.2) is 11.0 Å². The van der Waals surface area contributed by atoms with Gasteiger partial charge in [0, 0.05) is 16.3 Å². The quantitative estimate of drug-likeness (QED) is 0.677. The van der Waals surface area contributed by atoms with Crippen molar-refractivity contribution in [1.82, 2.24) is 4.98 Å². The Morgan fingerprint density at radius 1 is 1.15 bits per heavy atom. The van der Waals surface area contributed by atoms with E-state index in [1.807, 2.05) is 41.1 Å². The Kier molecular flexibility index (Phi) is 3.90. The maximum Gasteiger partial charge on any atom is 0.339 e. The van der Waals surface area contributed by atoms with E-state index in [4.69, 9.17) is 4.74 Å². The molecule has 0 radical (unpaired) electrons. The second-order valence-corrected chi connectivity index (χ2v) is 5.74. The molecule has 1 aromatic carbocycles. The van der Waals surface area contributed by atoms with E-state index in [0.717, 1.165) is 16.3 Å². The van der Waals surface area contributed by atoms with Crippen molar-refractivity contribution in [2.45, 2.75) is 6.61 Å². The fraction of sp³-hybridized carbons (Fsp3) is 0.0667. The van der Waals surface area contributed by atoms with E-state index in [1.165, 1.54) is 11.3 Å². The summed E-state index contributed by atoms with van der Waals surface area (Å²) in [6.07, 6.45) is 0. The summed E-state index contributed by atoms with van der Waals surface area (Å²) in [7, 11) is 0. The van der Waals surface area contributed by atoms with Crippen LogP contribution in [0.2, 0.25) is 0 Å². The number of carbonyl (C=O) groups excluding carboxylic acids is 1. The van der Waals surface area contributed by atoms with Crippen molar-refractivity contribution in [3.05, 3.63) is 63.8 Å². The summed E-state index contributed by atoms with van der Waals surface area (Å²) < 4.78 is 5.23. The predicted molar refractivity (Wildman–Crippen MR) is 81.0 cm³/mol. The number of hydrogen-bond acceptors (Lipinski definition) is 5. The Labute approximate surface area is 124 Å². The highest BCUT2D eigenvalue weighted by atomic mass is 32.1. The van der Waals surface area contributed by atoms with E-state index >= 15 is 0 Å². The lowest BCUT2D eigenvalue weighted by atomic mass is 10.2. The van der Waals surface area contributed by atoms with Crippen LogP contribution in [-0.2, 0) is 11.3 Å². The van der Waals surface area contributed by atoms with E-state index in [9.17, 15) is 4.79 Å². The summed E-state index contributed by atoms with van der Waals surface area (Å²) in [4.78, 5) is 16.2. The molecular formula is C15H11NO2S2. The second-order valence-electron chi connectivity index (χ2n) is 4.10. The number of carbonyl (C=O) groups is 1. The molecule has 0 aliphatic carbocycles. The molecule has 0 N–H and O–H groups in total. The molecule has 5 heteroatoms. The number of esters is 1. The zero-order valence-electron chi connectivity index (χ0n) is 10.5. The first-order chi connectivity index (χ1) is 9.83. The average Bonchev–Trinajstić information content (AvgIpc) is 3.17. The van der Waals surface area contributed by atoms with E-state index in [0.29, 0.717) is 5.56 Å². The zero-order valence-corrected chi connectivity index (χ0v) is 12.1. The normalized spacial score (nSPS) is 10.4. The van der Waals surface area contributed by atoms with E-state index < -0.39 is 0 Å². The molecule has 0 aliphatic rings. The van der Waals surface area contributed by atoms with Gasteiger partial charge in [-0.05, 0) is 11.4 Å². The Morgan fingerprint density at radius 2 is 2.00 bits per heavy atom. The van der Waals surface area contributed by atoms with E-state index in [1.54, 1.807) is 22.8 Å². The van der Waals surface area contributed by atoms with Crippen LogP contribution in [0.25, 0.3) is 10.6 Å². The third-order valence-corrected chi connectivity index (χ3v) is 4.30. The molecule has 20 heavy (non-hydrogen) atoms. The smallest absolute Gasteiger partial charge is 0.339 e. The predicted octanol–water partition coefficient (Wildman–Crippen LogP) is 4.23. The van der Waals surface area contributed by atoms with Crippen molar-refractivity contribution in [3.8, 4) is 10.6 Å². The molecule has 100 valence electrons. The Hall–Kier alpha value is -1.98. The molecule has 0 bridgehead atoms. The summed E-state index contributed by atoms with van der Waals surface area (Å²) in [5.74, 6) is -0.305. The summed E-state index contributed by atoms with van der Waals surface area (Å²) in [5, 5.41) is 6.49. The molecule has 0 amide bonds. The second kappa shape index (κ2) is 5.98. The lowest BCUT2D eigenvalue weighted by molar-refractivity contribution is 0.0469. The van der Waals surface area contributed by atoms with Gasteiger partial charge in [-0.3, -0.25) is 0 Å². The molecule has 0 atom stereocenters. The summed E-state index contributed by atoms with van der Waals surface area (Å²) in [5.41, 5.74) is 2.44. The minimum Gasteiger partial charge on any atom is -0.456 e. The van der Waals surface area contributed by atoms with Gasteiger partial charge in [0.05, 0.1) is 11.3 Å². The molecule has 3 rings (SSSR count). The molecule has 2 aromatic heterocycles. The fourth-order valence-corrected chi connectivity index (χ4v) is 3.13. The van der Waals surface area contributed by atoms with Gasteiger partial charge in [-0.2, -0.15) is 11.3 Å². The number of aromatic nitrogens is 1. The van der Waals surface area contributed by atoms with Gasteiger partial charge in [0.25, 0.3) is 0 Å². The number of nitrogens with zero attached hydrogens (tertiary/aromatic N) is 1. The number of benzene rings is 1. The Balaban J connectivity index is 1.65. The first-order valence-electron chi connectivity index (χ1n) is 6.02. The standard InChI is InChI=1S/C15H11NO2S2/c17-15(12-6-7-19-9-12)18-8-13-10-20-14(16-13)11-4-2-1-3-5-11/h1-7,9-10H,8H2. The number of thiophene rings is 1. The van der Waals surface area contributed by atoms with Crippen molar-refractivity contribution in [2.24, 2.45) is 0 Å². The van der Waals surface area contributed by atoms with Crippen molar-refractivity contribution in [2.75, 3.05) is 0 Å². The third kappa shape index (κ3) is 2.95. The summed E-state index contributed by atoms with van der Waals surface area (Å²) in [6.45, 7) is 0.206. The molecule has 0 aliphatic heterocycles. The van der Waals surface area contributed by atoms with Crippen molar-refractivity contribution in [3.63, 3.8) is 0 Å². The van der Waals surface area contributed by atoms with Gasteiger partial charge in [-0.15, -0.1) is 11.3 Å². The number of hydrogen-bond donors (Lipinski definition) is 0. The van der Waals surface area contributed by atoms with Crippen LogP contribution in [0.3, 0.4) is 0 Å². The number of ether oxygens (including phenoxy) is 1. The maximum absolute atomic E-state index is 11.7. The van der Waals surface area contributed by atoms with E-state index in [2.05, 4.69) is 4.98 Å². The molecule has 0 saturated carbocycles. The molecule has 3 nitrogen and oxygen atoms in total. The minimum absolute atomic E-state index is 0.206. The molecular weight excluding hydrogens is 290 g/mol. The minimum atomic E-state index is -0.305. The van der Waals surface area contributed by atoms with Crippen LogP contribution in [0.15, 0.2) is 52.5 Å². The molecule has 0 spiro atoms. The highest BCUT2D eigenvalue weighted by Crippen LogP contribution is 2.23. The fourth-order valence-electron chi connectivity index (χ4n) is 1.69. The Morgan fingerprint density at radius 3 is 2.75 bits per heavy atom. The highest BCUT2D eigenvalue weighted by molar-refractivity contribution is 7.13. The summed E-state index contributed by atoms with van der Waals surface area (Å²) in [6, 6.07) is 11.7. The Bertz CT molecular complexity index is 690. The monoisotopic (exact) mass is 301 g/mol. The molecule has 2 heterocycles. The zero-order chi connectivity index (χ0) is 13.8. The highest BCUT2D eigenvalue weighted by Gasteiger charge is 2.09. The van der Waals surface area contributed by atoms with Gasteiger partial charge in [0.1, 0.15) is 11.6 Å². The van der Waals surface area contributed by atoms with Crippen LogP contribution < -0.4 is 0 Å². The van der Waals surface area contributed by atoms with Gasteiger partial charge >= 0.3 is 5.97 Å². The summed E-state index contributed by atoms with van der Waals surface area (Å²) >= 11 is 3.03. The van der Waals surface area contributed by atoms with Gasteiger partial charge in [-0.1, -0.05) is 30.3 Å². The van der Waals surface area contributed by atoms with Crippen LogP contribution in [0.4, 0.5) is 0 Å². The molecule has 3 aromatic rings. The van der Waals surface area contributed by atoms with Crippen molar-refractivity contribution in [1.29, 1.82) is 0 Å². The average molecular weight is 301 g/mol. The third-order valence-electron chi connectivity index (χ3n) is 2.68. The molecule has 0 unspecified atom stereocenters. The SMILES string of the molecule is O=C(OCc1csc(-c2ccccc2)n1)c1ccsc1. The van der Waals surface area contributed by atoms with E-state index in [-0.39, 0.29) is 12.6 Å². The first-order valence-corrected chi connectivity index (χ1v) is 7.84. The number of rotatable bonds is 4. The molecule has 0 saturated heterocycles. The largest absolute Gasteiger partial charge is 0.456 e. The molecule has 0 fully saturated rings. The maximum atomic E-state index is 11.7.